The highest BCUT2D eigenvalue weighted by atomic mass is 79.9. The number of rotatable bonds is 11. The summed E-state index contributed by atoms with van der Waals surface area (Å²) in [7, 11) is 3.50. The van der Waals surface area contributed by atoms with E-state index in [1.807, 2.05) is 40.8 Å². The van der Waals surface area contributed by atoms with Crippen LogP contribution in [0.25, 0.3) is 22.1 Å². The van der Waals surface area contributed by atoms with Crippen molar-refractivity contribution >= 4 is 56.1 Å². The summed E-state index contributed by atoms with van der Waals surface area (Å²) in [6, 6.07) is 11.4. The highest BCUT2D eigenvalue weighted by Gasteiger charge is 2.15. The molecule has 4 aromatic rings. The van der Waals surface area contributed by atoms with Crippen molar-refractivity contribution in [2.75, 3.05) is 32.2 Å². The number of halogens is 1. The van der Waals surface area contributed by atoms with Crippen molar-refractivity contribution in [3.63, 3.8) is 0 Å². The molecule has 0 spiro atoms. The number of ether oxygens (including phenoxy) is 2. The van der Waals surface area contributed by atoms with Gasteiger partial charge in [-0.1, -0.05) is 29.8 Å². The van der Waals surface area contributed by atoms with Crippen LogP contribution in [0.15, 0.2) is 46.0 Å². The van der Waals surface area contributed by atoms with Crippen LogP contribution in [0.5, 0.6) is 11.5 Å². The lowest BCUT2D eigenvalue weighted by Crippen LogP contribution is -2.36. The third-order valence-corrected chi connectivity index (χ3v) is 6.31. The average molecular weight is 568 g/mol. The number of carbonyl (C=O) groups excluding carboxylic acids is 1. The second-order valence-corrected chi connectivity index (χ2v) is 9.39. The average Bonchev–Trinajstić information content (AvgIpc) is 3.17. The molecule has 0 aliphatic carbocycles. The zero-order valence-electron chi connectivity index (χ0n) is 21.4. The van der Waals surface area contributed by atoms with Crippen LogP contribution >= 0.6 is 15.9 Å². The highest BCUT2D eigenvalue weighted by Crippen LogP contribution is 2.29. The van der Waals surface area contributed by atoms with Gasteiger partial charge in [-0.3, -0.25) is 4.79 Å². The number of anilines is 1. The first-order valence-electron chi connectivity index (χ1n) is 12.1. The van der Waals surface area contributed by atoms with E-state index in [9.17, 15) is 4.79 Å². The van der Waals surface area contributed by atoms with Crippen LogP contribution < -0.4 is 14.9 Å². The maximum Gasteiger partial charge on any atom is 0.265 e. The number of hydrogen-bond acceptors (Lipinski definition) is 8. The number of nitrogens with zero attached hydrogens (tertiary/aromatic N) is 6. The van der Waals surface area contributed by atoms with E-state index in [0.717, 1.165) is 52.4 Å². The lowest BCUT2D eigenvalue weighted by molar-refractivity contribution is -0.133. The molecule has 0 aliphatic rings. The lowest BCUT2D eigenvalue weighted by atomic mass is 10.2. The van der Waals surface area contributed by atoms with Gasteiger partial charge in [0.1, 0.15) is 5.52 Å². The normalized spacial score (nSPS) is 11.4. The largest absolute Gasteiger partial charge is 0.493 e. The first-order valence-corrected chi connectivity index (χ1v) is 12.9. The van der Waals surface area contributed by atoms with Crippen molar-refractivity contribution in [1.82, 2.24) is 24.6 Å². The van der Waals surface area contributed by atoms with Gasteiger partial charge in [0.05, 0.1) is 18.8 Å². The first-order chi connectivity index (χ1) is 17.9. The summed E-state index contributed by atoms with van der Waals surface area (Å²) in [5, 5.41) is 13.7. The third-order valence-electron chi connectivity index (χ3n) is 5.82. The summed E-state index contributed by atoms with van der Waals surface area (Å²) in [5.41, 5.74) is 6.04. The summed E-state index contributed by atoms with van der Waals surface area (Å²) in [4.78, 5) is 18.9. The van der Waals surface area contributed by atoms with Crippen molar-refractivity contribution in [1.29, 1.82) is 0 Å². The van der Waals surface area contributed by atoms with Crippen LogP contribution in [-0.2, 0) is 11.8 Å². The number of methoxy groups -OCH3 is 1. The number of aryl methyl sites for hydroxylation is 1. The van der Waals surface area contributed by atoms with Crippen molar-refractivity contribution in [3.05, 3.63) is 46.4 Å². The summed E-state index contributed by atoms with van der Waals surface area (Å²) in [6.07, 6.45) is 3.44. The Hall–Kier alpha value is -3.73. The Morgan fingerprint density at radius 2 is 1.92 bits per heavy atom. The Labute approximate surface area is 223 Å². The van der Waals surface area contributed by atoms with Gasteiger partial charge in [-0.25, -0.2) is 5.43 Å². The Morgan fingerprint density at radius 3 is 2.65 bits per heavy atom. The van der Waals surface area contributed by atoms with Gasteiger partial charge in [0, 0.05) is 30.0 Å². The number of hydrogen-bond donors (Lipinski definition) is 1. The Kier molecular flexibility index (Phi) is 8.54. The molecule has 0 radical (unpaired) electrons. The standard InChI is InChI=1S/C26H30BrN7O3/c1-5-11-34(12-6-2)23(35)16-37-21-10-7-17(13-22(21)36-4)15-28-31-26-29-25-24(30-32-26)19-14-18(27)8-9-20(19)33(25)3/h7-10,13-15H,5-6,11-12,16H2,1-4H3,(H,29,31,32)/b28-15+. The number of nitrogens with one attached hydrogen (secondary N) is 1. The molecule has 0 unspecified atom stereocenters. The molecule has 2 aromatic heterocycles. The smallest absolute Gasteiger partial charge is 0.265 e. The number of hydrazone groups is 1. The van der Waals surface area contributed by atoms with Crippen LogP contribution in [-0.4, -0.2) is 63.6 Å². The topological polar surface area (TPSA) is 107 Å². The molecule has 0 bridgehead atoms. The van der Waals surface area contributed by atoms with E-state index >= 15 is 0 Å². The minimum absolute atomic E-state index is 0.0371. The van der Waals surface area contributed by atoms with Gasteiger partial charge in [-0.15, -0.1) is 10.2 Å². The Morgan fingerprint density at radius 1 is 1.14 bits per heavy atom. The predicted octanol–water partition coefficient (Wildman–Crippen LogP) is 4.76. The van der Waals surface area contributed by atoms with Crippen LogP contribution in [0.4, 0.5) is 5.95 Å². The number of fused-ring (bicyclic) bond motifs is 3. The fourth-order valence-electron chi connectivity index (χ4n) is 4.06. The number of amides is 1. The van der Waals surface area contributed by atoms with Gasteiger partial charge in [-0.05, 0) is 54.8 Å². The van der Waals surface area contributed by atoms with Crippen LogP contribution in [0, 0.1) is 0 Å². The monoisotopic (exact) mass is 567 g/mol. The second kappa shape index (κ2) is 12.0. The highest BCUT2D eigenvalue weighted by molar-refractivity contribution is 9.10. The van der Waals surface area contributed by atoms with Gasteiger partial charge in [0.15, 0.2) is 23.8 Å². The van der Waals surface area contributed by atoms with Gasteiger partial charge in [0.25, 0.3) is 11.9 Å². The van der Waals surface area contributed by atoms with Gasteiger partial charge in [0.2, 0.25) is 0 Å². The molecule has 0 aliphatic heterocycles. The zero-order valence-corrected chi connectivity index (χ0v) is 22.9. The van der Waals surface area contributed by atoms with E-state index in [4.69, 9.17) is 9.47 Å². The molecule has 0 fully saturated rings. The molecule has 1 amide bonds. The van der Waals surface area contributed by atoms with E-state index in [1.165, 1.54) is 0 Å². The van der Waals surface area contributed by atoms with E-state index < -0.39 is 0 Å². The SMILES string of the molecule is CCCN(CCC)C(=O)COc1ccc(/C=N/Nc2nnc3c4cc(Br)ccc4n(C)c3n2)cc1OC. The van der Waals surface area contributed by atoms with E-state index in [1.54, 1.807) is 25.5 Å². The molecule has 0 saturated heterocycles. The molecule has 0 atom stereocenters. The lowest BCUT2D eigenvalue weighted by Gasteiger charge is -2.21. The second-order valence-electron chi connectivity index (χ2n) is 8.48. The van der Waals surface area contributed by atoms with E-state index in [-0.39, 0.29) is 18.5 Å². The van der Waals surface area contributed by atoms with Gasteiger partial charge < -0.3 is 18.9 Å². The molecule has 10 nitrogen and oxygen atoms in total. The Balaban J connectivity index is 1.43. The molecule has 2 heterocycles. The molecular weight excluding hydrogens is 538 g/mol. The van der Waals surface area contributed by atoms with Crippen molar-refractivity contribution < 1.29 is 14.3 Å². The molecule has 37 heavy (non-hydrogen) atoms. The van der Waals surface area contributed by atoms with Crippen molar-refractivity contribution in [2.24, 2.45) is 12.1 Å². The summed E-state index contributed by atoms with van der Waals surface area (Å²) < 4.78 is 14.2. The third kappa shape index (κ3) is 5.99. The van der Waals surface area contributed by atoms with Crippen molar-refractivity contribution in [2.45, 2.75) is 26.7 Å². The van der Waals surface area contributed by atoms with Gasteiger partial charge >= 0.3 is 0 Å². The summed E-state index contributed by atoms with van der Waals surface area (Å²) in [5.74, 6) is 1.25. The first kappa shape index (κ1) is 26.3. The summed E-state index contributed by atoms with van der Waals surface area (Å²) in [6.45, 7) is 5.51. The predicted molar refractivity (Wildman–Crippen MR) is 148 cm³/mol. The molecular formula is C26H30BrN7O3. The van der Waals surface area contributed by atoms with Gasteiger partial charge in [-0.2, -0.15) is 10.1 Å². The fourth-order valence-corrected chi connectivity index (χ4v) is 4.42. The maximum absolute atomic E-state index is 12.5. The number of benzene rings is 2. The van der Waals surface area contributed by atoms with Crippen molar-refractivity contribution in [3.8, 4) is 11.5 Å². The molecule has 0 saturated carbocycles. The molecule has 2 aromatic carbocycles. The van der Waals surface area contributed by atoms with Crippen LogP contribution in [0.1, 0.15) is 32.3 Å². The number of carbonyl (C=O) groups is 1. The minimum Gasteiger partial charge on any atom is -0.493 e. The summed E-state index contributed by atoms with van der Waals surface area (Å²) >= 11 is 3.50. The maximum atomic E-state index is 12.5. The van der Waals surface area contributed by atoms with E-state index in [0.29, 0.717) is 17.1 Å². The number of aromatic nitrogens is 4. The van der Waals surface area contributed by atoms with Crippen LogP contribution in [0.3, 0.4) is 0 Å². The molecule has 11 heteroatoms. The fraction of sp³-hybridized carbons (Fsp3) is 0.346. The minimum atomic E-state index is -0.0384. The zero-order chi connectivity index (χ0) is 26.4. The molecule has 194 valence electrons. The Bertz CT molecular complexity index is 1430. The molecule has 1 N–H and O–H groups in total. The van der Waals surface area contributed by atoms with Crippen LogP contribution in [0.2, 0.25) is 0 Å². The molecule has 4 rings (SSSR count). The van der Waals surface area contributed by atoms with E-state index in [2.05, 4.69) is 55.5 Å². The quantitative estimate of drug-likeness (QED) is 0.205.